The van der Waals surface area contributed by atoms with E-state index in [-0.39, 0.29) is 59.6 Å². The van der Waals surface area contributed by atoms with E-state index in [0.29, 0.717) is 21.7 Å². The Labute approximate surface area is 223 Å². The third-order valence-corrected chi connectivity index (χ3v) is 5.77. The number of carbonyl (C=O) groups is 2. The molecule has 4 rings (SSSR count). The molecule has 2 N–H and O–H groups in total. The predicted octanol–water partition coefficient (Wildman–Crippen LogP) is 4.04. The molecule has 0 aliphatic heterocycles. The number of aromatic carboxylic acids is 1. The van der Waals surface area contributed by atoms with Gasteiger partial charge in [0.2, 0.25) is 5.91 Å². The number of nitrogens with zero attached hydrogens (tertiary/aromatic N) is 1. The summed E-state index contributed by atoms with van der Waals surface area (Å²) in [5.41, 5.74) is 2.91. The maximum absolute atomic E-state index is 13.0. The molecule has 0 unspecified atom stereocenters. The van der Waals surface area contributed by atoms with Crippen LogP contribution in [0.1, 0.15) is 21.6 Å². The van der Waals surface area contributed by atoms with E-state index in [1.165, 1.54) is 12.1 Å². The largest absolute Gasteiger partial charge is 0.478 e. The van der Waals surface area contributed by atoms with E-state index in [0.717, 1.165) is 16.5 Å². The zero-order chi connectivity index (χ0) is 23.5. The van der Waals surface area contributed by atoms with Crippen LogP contribution >= 0.6 is 11.6 Å². The summed E-state index contributed by atoms with van der Waals surface area (Å²) in [6, 6.07) is 21.1. The molecule has 167 valence electrons. The first-order chi connectivity index (χ1) is 15.8. The fraction of sp³-hybridized carbons (Fsp3) is 0.115. The van der Waals surface area contributed by atoms with Crippen LogP contribution in [0.25, 0.3) is 21.9 Å². The molecule has 0 spiro atoms. The normalized spacial score (nSPS) is 10.5. The van der Waals surface area contributed by atoms with Crippen LogP contribution in [0.3, 0.4) is 0 Å². The van der Waals surface area contributed by atoms with E-state index in [4.69, 9.17) is 16.7 Å². The molecule has 6 nitrogen and oxygen atoms in total. The number of carboxylic acids is 1. The van der Waals surface area contributed by atoms with Crippen LogP contribution in [0.5, 0.6) is 0 Å². The maximum atomic E-state index is 13.0. The SMILES string of the molecule is Cn1c(CNC(=O)Cc2cccc(C(=O)O)c2)c(-c2ccccc2)c2cc(Cl)ccc2c1=O.[Na]. The molecule has 0 aliphatic carbocycles. The van der Waals surface area contributed by atoms with Gasteiger partial charge in [-0.05, 0) is 46.8 Å². The Hall–Kier alpha value is -2.90. The van der Waals surface area contributed by atoms with E-state index in [1.807, 2.05) is 30.3 Å². The molecule has 1 heterocycles. The van der Waals surface area contributed by atoms with Crippen LogP contribution in [0.4, 0.5) is 0 Å². The summed E-state index contributed by atoms with van der Waals surface area (Å²) in [5, 5.41) is 13.8. The minimum Gasteiger partial charge on any atom is -0.478 e. The molecule has 0 aliphatic rings. The molecule has 3 aromatic carbocycles. The van der Waals surface area contributed by atoms with Crippen LogP contribution in [0.2, 0.25) is 5.02 Å². The van der Waals surface area contributed by atoms with Crippen molar-refractivity contribution in [2.45, 2.75) is 13.0 Å². The minimum atomic E-state index is -1.05. The molecule has 0 atom stereocenters. The Morgan fingerprint density at radius 2 is 1.71 bits per heavy atom. The van der Waals surface area contributed by atoms with Crippen molar-refractivity contribution in [3.05, 3.63) is 105 Å². The number of rotatable bonds is 6. The second-order valence-corrected chi connectivity index (χ2v) is 8.14. The summed E-state index contributed by atoms with van der Waals surface area (Å²) in [7, 11) is 1.68. The first-order valence-corrected chi connectivity index (χ1v) is 10.7. The van der Waals surface area contributed by atoms with E-state index in [2.05, 4.69) is 5.32 Å². The van der Waals surface area contributed by atoms with Gasteiger partial charge in [-0.15, -0.1) is 0 Å². The Morgan fingerprint density at radius 1 is 0.971 bits per heavy atom. The number of hydrogen-bond donors (Lipinski definition) is 2. The third kappa shape index (κ3) is 5.42. The van der Waals surface area contributed by atoms with Crippen molar-refractivity contribution in [3.63, 3.8) is 0 Å². The first kappa shape index (κ1) is 25.7. The van der Waals surface area contributed by atoms with Gasteiger partial charge in [0.1, 0.15) is 0 Å². The Balaban J connectivity index is 0.00000324. The molecular formula is C26H21ClN2NaO4. The number of amides is 1. The Kier molecular flexibility index (Phi) is 8.33. The molecule has 1 aromatic heterocycles. The predicted molar refractivity (Wildman–Crippen MR) is 134 cm³/mol. The smallest absolute Gasteiger partial charge is 0.335 e. The maximum Gasteiger partial charge on any atom is 0.335 e. The van der Waals surface area contributed by atoms with E-state index >= 15 is 0 Å². The number of fused-ring (bicyclic) bond motifs is 1. The van der Waals surface area contributed by atoms with E-state index in [1.54, 1.807) is 41.9 Å². The van der Waals surface area contributed by atoms with Gasteiger partial charge >= 0.3 is 5.97 Å². The number of carboxylic acid groups (broad SMARTS) is 1. The molecule has 0 saturated heterocycles. The first-order valence-electron chi connectivity index (χ1n) is 10.3. The number of benzene rings is 3. The molecule has 0 fully saturated rings. The monoisotopic (exact) mass is 483 g/mol. The van der Waals surface area contributed by atoms with Gasteiger partial charge in [0.25, 0.3) is 5.56 Å². The fourth-order valence-corrected chi connectivity index (χ4v) is 4.09. The van der Waals surface area contributed by atoms with Crippen molar-refractivity contribution in [3.8, 4) is 11.1 Å². The van der Waals surface area contributed by atoms with E-state index < -0.39 is 5.97 Å². The number of pyridine rings is 1. The number of halogens is 1. The van der Waals surface area contributed by atoms with Gasteiger partial charge in [-0.25, -0.2) is 4.79 Å². The fourth-order valence-electron chi connectivity index (χ4n) is 3.91. The summed E-state index contributed by atoms with van der Waals surface area (Å²) in [5.74, 6) is -1.33. The molecule has 1 amide bonds. The van der Waals surface area contributed by atoms with Gasteiger partial charge < -0.3 is 15.0 Å². The summed E-state index contributed by atoms with van der Waals surface area (Å²) in [6.45, 7) is 0.121. The van der Waals surface area contributed by atoms with Crippen LogP contribution in [0.15, 0.2) is 77.6 Å². The minimum absolute atomic E-state index is 0. The molecular weight excluding hydrogens is 463 g/mol. The van der Waals surface area contributed by atoms with Gasteiger partial charge in [-0.2, -0.15) is 0 Å². The summed E-state index contributed by atoms with van der Waals surface area (Å²) in [4.78, 5) is 36.9. The second kappa shape index (κ2) is 11.0. The zero-order valence-electron chi connectivity index (χ0n) is 18.8. The summed E-state index contributed by atoms with van der Waals surface area (Å²) < 4.78 is 1.55. The molecule has 4 aromatic rings. The van der Waals surface area contributed by atoms with Gasteiger partial charge in [-0.3, -0.25) is 9.59 Å². The van der Waals surface area contributed by atoms with Crippen LogP contribution < -0.4 is 10.9 Å². The molecule has 0 bridgehead atoms. The van der Waals surface area contributed by atoms with Crippen molar-refractivity contribution in [2.24, 2.45) is 7.05 Å². The average molecular weight is 484 g/mol. The van der Waals surface area contributed by atoms with Crippen molar-refractivity contribution >= 4 is 63.8 Å². The summed E-state index contributed by atoms with van der Waals surface area (Å²) in [6.07, 6.45) is 0.0230. The Morgan fingerprint density at radius 3 is 2.41 bits per heavy atom. The second-order valence-electron chi connectivity index (χ2n) is 7.70. The van der Waals surface area contributed by atoms with Crippen molar-refractivity contribution in [2.75, 3.05) is 0 Å². The van der Waals surface area contributed by atoms with Gasteiger partial charge in [0.05, 0.1) is 18.5 Å². The number of hydrogen-bond acceptors (Lipinski definition) is 3. The van der Waals surface area contributed by atoms with Crippen LogP contribution in [-0.2, 0) is 24.8 Å². The van der Waals surface area contributed by atoms with Gasteiger partial charge in [-0.1, -0.05) is 54.1 Å². The molecule has 1 radical (unpaired) electrons. The van der Waals surface area contributed by atoms with E-state index in [9.17, 15) is 14.4 Å². The number of carbonyl (C=O) groups excluding carboxylic acids is 1. The topological polar surface area (TPSA) is 88.4 Å². The quantitative estimate of drug-likeness (QED) is 0.405. The average Bonchev–Trinajstić information content (AvgIpc) is 2.81. The van der Waals surface area contributed by atoms with Crippen molar-refractivity contribution in [1.82, 2.24) is 9.88 Å². The van der Waals surface area contributed by atoms with Gasteiger partial charge in [0.15, 0.2) is 0 Å². The van der Waals surface area contributed by atoms with Crippen LogP contribution in [0, 0.1) is 0 Å². The third-order valence-electron chi connectivity index (χ3n) is 5.53. The van der Waals surface area contributed by atoms with Gasteiger partial charge in [0, 0.05) is 58.3 Å². The van der Waals surface area contributed by atoms with Crippen LogP contribution in [-0.4, -0.2) is 51.1 Å². The van der Waals surface area contributed by atoms with Crippen molar-refractivity contribution in [1.29, 1.82) is 0 Å². The van der Waals surface area contributed by atoms with Crippen molar-refractivity contribution < 1.29 is 14.7 Å². The molecule has 8 heteroatoms. The molecule has 34 heavy (non-hydrogen) atoms. The molecule has 0 saturated carbocycles. The zero-order valence-corrected chi connectivity index (χ0v) is 21.6. The Bertz CT molecular complexity index is 1430. The standard InChI is InChI=1S/C26H21ClN2O4.Na/c1-29-22(15-28-23(30)13-16-6-5-9-18(12-16)26(32)33)24(17-7-3-2-4-8-17)21-14-19(27)10-11-20(21)25(29)31;/h2-12,14H,13,15H2,1H3,(H,28,30)(H,32,33);. The number of nitrogens with one attached hydrogen (secondary N) is 1. The summed E-state index contributed by atoms with van der Waals surface area (Å²) >= 11 is 6.26. The number of aromatic nitrogens is 1.